The Hall–Kier alpha value is -0.860. The Morgan fingerprint density at radius 2 is 1.74 bits per heavy atom. The summed E-state index contributed by atoms with van der Waals surface area (Å²) in [6, 6.07) is 8.90. The molecule has 1 aromatic rings. The van der Waals surface area contributed by atoms with Crippen molar-refractivity contribution in [3.63, 3.8) is 0 Å². The zero-order valence-electron chi connectivity index (χ0n) is 12.6. The monoisotopic (exact) mass is 261 g/mol. The Morgan fingerprint density at radius 3 is 2.21 bits per heavy atom. The highest BCUT2D eigenvalue weighted by atomic mass is 16.3. The molecular formula is C17H27NO. The maximum Gasteiger partial charge on any atom is 0.0942 e. The van der Waals surface area contributed by atoms with Crippen LogP contribution in [0.5, 0.6) is 0 Å². The first-order valence-electron chi connectivity index (χ1n) is 7.49. The Morgan fingerprint density at radius 1 is 1.16 bits per heavy atom. The molecule has 0 heterocycles. The smallest absolute Gasteiger partial charge is 0.0942 e. The molecule has 1 N–H and O–H groups in total. The van der Waals surface area contributed by atoms with Crippen LogP contribution in [0.2, 0.25) is 0 Å². The molecule has 1 aromatic carbocycles. The van der Waals surface area contributed by atoms with Crippen molar-refractivity contribution < 1.29 is 5.11 Å². The van der Waals surface area contributed by atoms with Gasteiger partial charge in [0.1, 0.15) is 0 Å². The van der Waals surface area contributed by atoms with Crippen LogP contribution in [0, 0.1) is 12.8 Å². The van der Waals surface area contributed by atoms with Crippen molar-refractivity contribution in [2.45, 2.75) is 58.7 Å². The van der Waals surface area contributed by atoms with E-state index in [1.807, 2.05) is 12.1 Å². The molecule has 2 nitrogen and oxygen atoms in total. The lowest BCUT2D eigenvalue weighted by Crippen LogP contribution is -2.43. The van der Waals surface area contributed by atoms with Crippen LogP contribution in [0.15, 0.2) is 24.3 Å². The van der Waals surface area contributed by atoms with E-state index in [0.29, 0.717) is 6.04 Å². The van der Waals surface area contributed by atoms with Gasteiger partial charge >= 0.3 is 0 Å². The molecule has 0 aromatic heterocycles. The lowest BCUT2D eigenvalue weighted by Gasteiger charge is -2.35. The van der Waals surface area contributed by atoms with Gasteiger partial charge in [-0.05, 0) is 52.0 Å². The number of hydrogen-bond donors (Lipinski definition) is 1. The first kappa shape index (κ1) is 14.5. The van der Waals surface area contributed by atoms with E-state index in [4.69, 9.17) is 0 Å². The van der Waals surface area contributed by atoms with Crippen LogP contribution in [-0.4, -0.2) is 28.6 Å². The standard InChI is InChI=1S/C17H27NO/c1-12(2)18(11-15-7-8-15)14(4)17(19)16-9-5-13(3)6-10-16/h5-6,9-10,12,14-15,17,19H,7-8,11H2,1-4H3. The summed E-state index contributed by atoms with van der Waals surface area (Å²) in [5, 5.41) is 10.6. The fourth-order valence-corrected chi connectivity index (χ4v) is 2.67. The number of nitrogens with zero attached hydrogens (tertiary/aromatic N) is 1. The fourth-order valence-electron chi connectivity index (χ4n) is 2.67. The number of benzene rings is 1. The van der Waals surface area contributed by atoms with Gasteiger partial charge in [0.25, 0.3) is 0 Å². The van der Waals surface area contributed by atoms with E-state index in [9.17, 15) is 5.11 Å². The average molecular weight is 261 g/mol. The molecule has 0 bridgehead atoms. The molecule has 1 aliphatic carbocycles. The number of aliphatic hydroxyl groups excluding tert-OH is 1. The Balaban J connectivity index is 2.06. The van der Waals surface area contributed by atoms with E-state index in [1.165, 1.54) is 18.4 Å². The van der Waals surface area contributed by atoms with Gasteiger partial charge in [-0.15, -0.1) is 0 Å². The third-order valence-electron chi connectivity index (χ3n) is 4.23. The molecule has 1 aliphatic rings. The van der Waals surface area contributed by atoms with E-state index in [1.54, 1.807) is 0 Å². The van der Waals surface area contributed by atoms with Gasteiger partial charge < -0.3 is 5.11 Å². The molecule has 19 heavy (non-hydrogen) atoms. The van der Waals surface area contributed by atoms with Crippen LogP contribution >= 0.6 is 0 Å². The minimum Gasteiger partial charge on any atom is -0.387 e. The summed E-state index contributed by atoms with van der Waals surface area (Å²) < 4.78 is 0. The van der Waals surface area contributed by atoms with Gasteiger partial charge in [0.05, 0.1) is 6.10 Å². The van der Waals surface area contributed by atoms with Crippen molar-refractivity contribution in [2.24, 2.45) is 5.92 Å². The lowest BCUT2D eigenvalue weighted by atomic mass is 10.00. The maximum absolute atomic E-state index is 10.6. The summed E-state index contributed by atoms with van der Waals surface area (Å²) in [7, 11) is 0. The molecule has 2 unspecified atom stereocenters. The van der Waals surface area contributed by atoms with Crippen molar-refractivity contribution in [3.05, 3.63) is 35.4 Å². The number of hydrogen-bond acceptors (Lipinski definition) is 2. The van der Waals surface area contributed by atoms with Gasteiger partial charge in [-0.1, -0.05) is 29.8 Å². The van der Waals surface area contributed by atoms with Crippen LogP contribution in [-0.2, 0) is 0 Å². The molecule has 106 valence electrons. The summed E-state index contributed by atoms with van der Waals surface area (Å²) in [6.45, 7) is 9.79. The number of rotatable bonds is 6. The SMILES string of the molecule is Cc1ccc(C(O)C(C)N(CC2CC2)C(C)C)cc1. The molecule has 0 amide bonds. The van der Waals surface area contributed by atoms with E-state index in [2.05, 4.69) is 44.7 Å². The minimum absolute atomic E-state index is 0.170. The van der Waals surface area contributed by atoms with E-state index >= 15 is 0 Å². The molecular weight excluding hydrogens is 234 g/mol. The van der Waals surface area contributed by atoms with Crippen LogP contribution in [0.3, 0.4) is 0 Å². The van der Waals surface area contributed by atoms with E-state index in [-0.39, 0.29) is 6.04 Å². The maximum atomic E-state index is 10.6. The van der Waals surface area contributed by atoms with Gasteiger partial charge in [-0.3, -0.25) is 4.90 Å². The van der Waals surface area contributed by atoms with Crippen LogP contribution in [0.25, 0.3) is 0 Å². The van der Waals surface area contributed by atoms with Crippen LogP contribution < -0.4 is 0 Å². The van der Waals surface area contributed by atoms with Gasteiger partial charge in [0.2, 0.25) is 0 Å². The van der Waals surface area contributed by atoms with E-state index < -0.39 is 6.10 Å². The van der Waals surface area contributed by atoms with Crippen molar-refractivity contribution in [1.82, 2.24) is 4.90 Å². The molecule has 2 rings (SSSR count). The zero-order chi connectivity index (χ0) is 14.0. The Labute approximate surface area is 117 Å². The summed E-state index contributed by atoms with van der Waals surface area (Å²) in [4.78, 5) is 2.45. The summed E-state index contributed by atoms with van der Waals surface area (Å²) in [5.41, 5.74) is 2.27. The third kappa shape index (κ3) is 3.80. The van der Waals surface area contributed by atoms with Gasteiger partial charge in [0, 0.05) is 18.6 Å². The second kappa shape index (κ2) is 6.06. The fraction of sp³-hybridized carbons (Fsp3) is 0.647. The van der Waals surface area contributed by atoms with Gasteiger partial charge in [-0.2, -0.15) is 0 Å². The van der Waals surface area contributed by atoms with Gasteiger partial charge in [-0.25, -0.2) is 0 Å². The highest BCUT2D eigenvalue weighted by Gasteiger charge is 2.31. The molecule has 1 fully saturated rings. The second-order valence-electron chi connectivity index (χ2n) is 6.33. The molecule has 2 atom stereocenters. The predicted molar refractivity (Wildman–Crippen MR) is 80.2 cm³/mol. The highest BCUT2D eigenvalue weighted by Crippen LogP contribution is 2.32. The summed E-state index contributed by atoms with van der Waals surface area (Å²) >= 11 is 0. The van der Waals surface area contributed by atoms with E-state index in [0.717, 1.165) is 18.0 Å². The molecule has 0 saturated heterocycles. The highest BCUT2D eigenvalue weighted by molar-refractivity contribution is 5.24. The van der Waals surface area contributed by atoms with Crippen molar-refractivity contribution in [1.29, 1.82) is 0 Å². The van der Waals surface area contributed by atoms with Crippen molar-refractivity contribution in [2.75, 3.05) is 6.54 Å². The first-order valence-corrected chi connectivity index (χ1v) is 7.49. The topological polar surface area (TPSA) is 23.5 Å². The first-order chi connectivity index (χ1) is 8.99. The average Bonchev–Trinajstić information content (AvgIpc) is 3.19. The van der Waals surface area contributed by atoms with Gasteiger partial charge in [0.15, 0.2) is 0 Å². The predicted octanol–water partition coefficient (Wildman–Crippen LogP) is 3.54. The number of aliphatic hydroxyl groups is 1. The summed E-state index contributed by atoms with van der Waals surface area (Å²) in [5.74, 6) is 0.857. The normalized spacial score (nSPS) is 18.9. The third-order valence-corrected chi connectivity index (χ3v) is 4.23. The molecule has 0 spiro atoms. The minimum atomic E-state index is -0.401. The zero-order valence-corrected chi connectivity index (χ0v) is 12.6. The summed E-state index contributed by atoms with van der Waals surface area (Å²) in [6.07, 6.45) is 2.31. The Bertz CT molecular complexity index is 394. The molecule has 1 saturated carbocycles. The van der Waals surface area contributed by atoms with Crippen LogP contribution in [0.1, 0.15) is 50.8 Å². The number of aryl methyl sites for hydroxylation is 1. The lowest BCUT2D eigenvalue weighted by molar-refractivity contribution is 0.0372. The van der Waals surface area contributed by atoms with Crippen molar-refractivity contribution in [3.8, 4) is 0 Å². The molecule has 2 heteroatoms. The second-order valence-corrected chi connectivity index (χ2v) is 6.33. The quantitative estimate of drug-likeness (QED) is 0.846. The van der Waals surface area contributed by atoms with Crippen molar-refractivity contribution >= 4 is 0 Å². The van der Waals surface area contributed by atoms with Crippen LogP contribution in [0.4, 0.5) is 0 Å². The largest absolute Gasteiger partial charge is 0.387 e. The Kier molecular flexibility index (Phi) is 4.64. The molecule has 0 aliphatic heterocycles. The molecule has 0 radical (unpaired) electrons.